The number of benzene rings is 2. The van der Waals surface area contributed by atoms with Crippen molar-refractivity contribution >= 4 is 22.5 Å². The molecule has 2 N–H and O–H groups in total. The summed E-state index contributed by atoms with van der Waals surface area (Å²) >= 11 is 0. The second kappa shape index (κ2) is 6.44. The number of amides is 1. The number of hydrogen-bond donors (Lipinski definition) is 2. The summed E-state index contributed by atoms with van der Waals surface area (Å²) in [4.78, 5) is 16.7. The third-order valence-electron chi connectivity index (χ3n) is 4.04. The molecular weight excluding hydrogens is 335 g/mol. The Hall–Kier alpha value is -3.48. The van der Waals surface area contributed by atoms with Crippen molar-refractivity contribution < 1.29 is 13.6 Å². The summed E-state index contributed by atoms with van der Waals surface area (Å²) in [7, 11) is 0. The van der Waals surface area contributed by atoms with Gasteiger partial charge in [0.2, 0.25) is 11.8 Å². The van der Waals surface area contributed by atoms with Gasteiger partial charge in [0.1, 0.15) is 11.6 Å². The molecule has 0 spiro atoms. The van der Waals surface area contributed by atoms with Crippen molar-refractivity contribution in [2.45, 2.75) is 13.3 Å². The number of oxazole rings is 1. The number of rotatable bonds is 4. The van der Waals surface area contributed by atoms with E-state index in [-0.39, 0.29) is 18.1 Å². The first-order chi connectivity index (χ1) is 12.6. The van der Waals surface area contributed by atoms with Crippen LogP contribution in [0.2, 0.25) is 0 Å². The number of carbonyl (C=O) groups is 1. The molecule has 4 rings (SSSR count). The largest absolute Gasteiger partial charge is 0.441 e. The van der Waals surface area contributed by atoms with Crippen molar-refractivity contribution in [1.29, 1.82) is 0 Å². The molecule has 130 valence electrons. The Bertz CT molecular complexity index is 1080. The lowest BCUT2D eigenvalue weighted by Gasteiger charge is -2.04. The van der Waals surface area contributed by atoms with Crippen molar-refractivity contribution in [2.75, 3.05) is 5.32 Å². The second-order valence-electron chi connectivity index (χ2n) is 5.93. The van der Waals surface area contributed by atoms with E-state index in [9.17, 15) is 9.18 Å². The minimum absolute atomic E-state index is 0.0809. The first-order valence-electron chi connectivity index (χ1n) is 8.04. The van der Waals surface area contributed by atoms with E-state index in [1.165, 1.54) is 12.1 Å². The highest BCUT2D eigenvalue weighted by atomic mass is 19.1. The minimum Gasteiger partial charge on any atom is -0.441 e. The zero-order valence-corrected chi connectivity index (χ0v) is 13.9. The fourth-order valence-electron chi connectivity index (χ4n) is 2.68. The van der Waals surface area contributed by atoms with Crippen molar-refractivity contribution in [3.8, 4) is 11.5 Å². The summed E-state index contributed by atoms with van der Waals surface area (Å²) in [5.74, 6) is 0.393. The number of H-pyrrole nitrogens is 1. The number of nitrogens with zero attached hydrogens (tertiary/aromatic N) is 2. The van der Waals surface area contributed by atoms with Gasteiger partial charge in [0.05, 0.1) is 23.8 Å². The van der Waals surface area contributed by atoms with Gasteiger partial charge in [0.25, 0.3) is 0 Å². The molecule has 0 radical (unpaired) electrons. The van der Waals surface area contributed by atoms with E-state index in [1.807, 2.05) is 18.2 Å². The highest BCUT2D eigenvalue weighted by molar-refractivity contribution is 5.94. The zero-order valence-electron chi connectivity index (χ0n) is 13.9. The van der Waals surface area contributed by atoms with Crippen LogP contribution in [0.15, 0.2) is 53.1 Å². The van der Waals surface area contributed by atoms with Crippen LogP contribution in [0.1, 0.15) is 11.5 Å². The van der Waals surface area contributed by atoms with Crippen LogP contribution in [0, 0.1) is 12.7 Å². The van der Waals surface area contributed by atoms with Gasteiger partial charge in [-0.05, 0) is 49.4 Å². The molecule has 0 atom stereocenters. The van der Waals surface area contributed by atoms with Crippen LogP contribution >= 0.6 is 0 Å². The van der Waals surface area contributed by atoms with E-state index in [4.69, 9.17) is 4.42 Å². The molecule has 6 nitrogen and oxygen atoms in total. The summed E-state index contributed by atoms with van der Waals surface area (Å²) in [6.45, 7) is 1.75. The van der Waals surface area contributed by atoms with Crippen molar-refractivity contribution in [2.24, 2.45) is 0 Å². The van der Waals surface area contributed by atoms with E-state index in [0.717, 1.165) is 10.9 Å². The highest BCUT2D eigenvalue weighted by Crippen LogP contribution is 2.23. The molecule has 0 aliphatic heterocycles. The molecule has 0 bridgehead atoms. The number of aryl methyl sites for hydroxylation is 1. The monoisotopic (exact) mass is 350 g/mol. The van der Waals surface area contributed by atoms with Gasteiger partial charge in [-0.2, -0.15) is 5.10 Å². The maximum Gasteiger partial charge on any atom is 0.230 e. The number of aromatic nitrogens is 3. The molecule has 2 heterocycles. The SMILES string of the molecule is Cc1oc(-c2ccc(F)cc2)nc1CC(=O)Nc1ccc2cn[nH]c2c1. The van der Waals surface area contributed by atoms with E-state index in [1.54, 1.807) is 25.3 Å². The molecule has 7 heteroatoms. The first kappa shape index (κ1) is 16.0. The van der Waals surface area contributed by atoms with Gasteiger partial charge in [0, 0.05) is 16.6 Å². The van der Waals surface area contributed by atoms with Crippen LogP contribution in [0.25, 0.3) is 22.4 Å². The van der Waals surface area contributed by atoms with E-state index < -0.39 is 0 Å². The summed E-state index contributed by atoms with van der Waals surface area (Å²) < 4.78 is 18.6. The van der Waals surface area contributed by atoms with E-state index >= 15 is 0 Å². The lowest BCUT2D eigenvalue weighted by molar-refractivity contribution is -0.115. The quantitative estimate of drug-likeness (QED) is 0.586. The number of hydrogen-bond acceptors (Lipinski definition) is 4. The number of anilines is 1. The Kier molecular flexibility index (Phi) is 3.96. The van der Waals surface area contributed by atoms with E-state index in [2.05, 4.69) is 20.5 Å². The van der Waals surface area contributed by atoms with Gasteiger partial charge in [0.15, 0.2) is 0 Å². The smallest absolute Gasteiger partial charge is 0.230 e. The summed E-state index contributed by atoms with van der Waals surface area (Å²) in [5, 5.41) is 10.6. The van der Waals surface area contributed by atoms with Crippen LogP contribution in [0.3, 0.4) is 0 Å². The molecule has 4 aromatic rings. The molecule has 1 amide bonds. The summed E-state index contributed by atoms with van der Waals surface area (Å²) in [6, 6.07) is 11.4. The predicted octanol–water partition coefficient (Wildman–Crippen LogP) is 3.85. The van der Waals surface area contributed by atoms with E-state index in [0.29, 0.717) is 28.6 Å². The maximum atomic E-state index is 13.0. The molecule has 2 aromatic heterocycles. The lowest BCUT2D eigenvalue weighted by Crippen LogP contribution is -2.15. The second-order valence-corrected chi connectivity index (χ2v) is 5.93. The number of halogens is 1. The van der Waals surface area contributed by atoms with Gasteiger partial charge in [-0.3, -0.25) is 9.89 Å². The molecule has 0 aliphatic carbocycles. The first-order valence-corrected chi connectivity index (χ1v) is 8.04. The standard InChI is InChI=1S/C19H15FN4O2/c1-11-16(23-19(26-11)12-2-5-14(20)6-3-12)9-18(25)22-15-7-4-13-10-21-24-17(13)8-15/h2-8,10H,9H2,1H3,(H,21,24)(H,22,25). The number of aromatic amines is 1. The molecule has 0 aliphatic rings. The van der Waals surface area contributed by atoms with Crippen LogP contribution in [-0.2, 0) is 11.2 Å². The molecule has 2 aromatic carbocycles. The Balaban J connectivity index is 1.49. The zero-order chi connectivity index (χ0) is 18.1. The van der Waals surface area contributed by atoms with Crippen LogP contribution in [-0.4, -0.2) is 21.1 Å². The van der Waals surface area contributed by atoms with Crippen molar-refractivity contribution in [3.63, 3.8) is 0 Å². The normalized spacial score (nSPS) is 11.0. The van der Waals surface area contributed by atoms with Crippen molar-refractivity contribution in [1.82, 2.24) is 15.2 Å². The number of carbonyl (C=O) groups excluding carboxylic acids is 1. The Morgan fingerprint density at radius 1 is 1.23 bits per heavy atom. The minimum atomic E-state index is -0.328. The molecule has 0 saturated heterocycles. The van der Waals surface area contributed by atoms with Gasteiger partial charge in [-0.15, -0.1) is 0 Å². The Labute approximate surface area is 148 Å². The number of fused-ring (bicyclic) bond motifs is 1. The van der Waals surface area contributed by atoms with Crippen molar-refractivity contribution in [3.05, 3.63) is 65.9 Å². The third kappa shape index (κ3) is 3.19. The summed E-state index contributed by atoms with van der Waals surface area (Å²) in [6.07, 6.45) is 1.80. The van der Waals surface area contributed by atoms with Gasteiger partial charge in [-0.25, -0.2) is 9.37 Å². The molecule has 26 heavy (non-hydrogen) atoms. The fourth-order valence-corrected chi connectivity index (χ4v) is 2.68. The molecular formula is C19H15FN4O2. The van der Waals surface area contributed by atoms with Gasteiger partial charge < -0.3 is 9.73 Å². The Morgan fingerprint density at radius 3 is 2.85 bits per heavy atom. The fraction of sp³-hybridized carbons (Fsp3) is 0.105. The van der Waals surface area contributed by atoms with Crippen LogP contribution in [0.5, 0.6) is 0 Å². The highest BCUT2D eigenvalue weighted by Gasteiger charge is 2.15. The van der Waals surface area contributed by atoms with Gasteiger partial charge >= 0.3 is 0 Å². The predicted molar refractivity (Wildman–Crippen MR) is 95.1 cm³/mol. The number of nitrogens with one attached hydrogen (secondary N) is 2. The summed E-state index contributed by atoms with van der Waals surface area (Å²) in [5.41, 5.74) is 2.72. The molecule has 0 unspecified atom stereocenters. The third-order valence-corrected chi connectivity index (χ3v) is 4.04. The Morgan fingerprint density at radius 2 is 2.04 bits per heavy atom. The average Bonchev–Trinajstić information content (AvgIpc) is 3.22. The lowest BCUT2D eigenvalue weighted by atomic mass is 10.2. The topological polar surface area (TPSA) is 83.8 Å². The molecule has 0 saturated carbocycles. The average molecular weight is 350 g/mol. The van der Waals surface area contributed by atoms with Crippen LogP contribution in [0.4, 0.5) is 10.1 Å². The van der Waals surface area contributed by atoms with Gasteiger partial charge in [-0.1, -0.05) is 0 Å². The molecule has 0 fully saturated rings. The maximum absolute atomic E-state index is 13.0. The van der Waals surface area contributed by atoms with Crippen LogP contribution < -0.4 is 5.32 Å².